The monoisotopic (exact) mass is 462 g/mol. The molecule has 0 fully saturated rings. The van der Waals surface area contributed by atoms with Crippen molar-refractivity contribution < 1.29 is 23.6 Å². The third kappa shape index (κ3) is 5.07. The van der Waals surface area contributed by atoms with E-state index in [1.807, 2.05) is 19.9 Å². The zero-order valence-electron chi connectivity index (χ0n) is 18.8. The number of nitrogens with zero attached hydrogens (tertiary/aromatic N) is 3. The molecule has 10 heteroatoms. The fraction of sp³-hybridized carbons (Fsp3) is 0.167. The molecule has 0 atom stereocenters. The maximum absolute atomic E-state index is 12.7. The largest absolute Gasteiger partial charge is 0.493 e. The standard InChI is InChI=1S/C24H22N4O6/c1-15-10-16(2)27(26-15)14-19-8-9-23(33-19)24(29)25-17-11-18(28(30)31)13-20(12-17)34-22-7-5-4-6-21(22)32-3/h4-13H,14H2,1-3H3,(H,25,29). The molecule has 0 saturated carbocycles. The number of amides is 1. The Labute approximate surface area is 194 Å². The van der Waals surface area contributed by atoms with Gasteiger partial charge in [-0.3, -0.25) is 19.6 Å². The van der Waals surface area contributed by atoms with E-state index < -0.39 is 10.8 Å². The Morgan fingerprint density at radius 2 is 1.88 bits per heavy atom. The predicted octanol–water partition coefficient (Wildman–Crippen LogP) is 5.10. The van der Waals surface area contributed by atoms with Crippen LogP contribution in [0, 0.1) is 24.0 Å². The molecule has 2 aromatic carbocycles. The zero-order chi connectivity index (χ0) is 24.2. The molecule has 0 bridgehead atoms. The van der Waals surface area contributed by atoms with E-state index in [1.165, 1.54) is 25.3 Å². The molecule has 10 nitrogen and oxygen atoms in total. The molecule has 2 aromatic heterocycles. The number of ether oxygens (including phenoxy) is 2. The number of hydrogen-bond acceptors (Lipinski definition) is 7. The summed E-state index contributed by atoms with van der Waals surface area (Å²) in [5, 5.41) is 18.4. The number of non-ortho nitro benzene ring substituents is 1. The number of anilines is 1. The van der Waals surface area contributed by atoms with E-state index in [0.29, 0.717) is 23.8 Å². The lowest BCUT2D eigenvalue weighted by Crippen LogP contribution is -2.11. The first kappa shape index (κ1) is 22.6. The number of carbonyl (C=O) groups excluding carboxylic acids is 1. The SMILES string of the molecule is COc1ccccc1Oc1cc(NC(=O)c2ccc(Cn3nc(C)cc3C)o2)cc([N+](=O)[O-])c1. The highest BCUT2D eigenvalue weighted by Crippen LogP contribution is 2.34. The normalized spacial score (nSPS) is 10.7. The Morgan fingerprint density at radius 3 is 2.56 bits per heavy atom. The van der Waals surface area contributed by atoms with Crippen LogP contribution < -0.4 is 14.8 Å². The van der Waals surface area contributed by atoms with Crippen molar-refractivity contribution in [2.24, 2.45) is 0 Å². The first-order valence-electron chi connectivity index (χ1n) is 10.3. The minimum Gasteiger partial charge on any atom is -0.493 e. The van der Waals surface area contributed by atoms with E-state index in [1.54, 1.807) is 41.1 Å². The van der Waals surface area contributed by atoms with Crippen LogP contribution >= 0.6 is 0 Å². The molecule has 0 radical (unpaired) electrons. The molecule has 0 aliphatic rings. The van der Waals surface area contributed by atoms with Crippen molar-refractivity contribution in [1.29, 1.82) is 0 Å². The average molecular weight is 462 g/mol. The van der Waals surface area contributed by atoms with Crippen LogP contribution in [0.5, 0.6) is 17.2 Å². The number of nitrogens with one attached hydrogen (secondary N) is 1. The summed E-state index contributed by atoms with van der Waals surface area (Å²) < 4.78 is 18.5. The minimum atomic E-state index is -0.565. The topological polar surface area (TPSA) is 122 Å². The Morgan fingerprint density at radius 1 is 1.12 bits per heavy atom. The summed E-state index contributed by atoms with van der Waals surface area (Å²) in [6.07, 6.45) is 0. The lowest BCUT2D eigenvalue weighted by molar-refractivity contribution is -0.384. The van der Waals surface area contributed by atoms with Gasteiger partial charge in [0.25, 0.3) is 11.6 Å². The van der Waals surface area contributed by atoms with E-state index in [0.717, 1.165) is 11.4 Å². The minimum absolute atomic E-state index is 0.0650. The highest BCUT2D eigenvalue weighted by molar-refractivity contribution is 6.02. The van der Waals surface area contributed by atoms with Crippen molar-refractivity contribution in [3.8, 4) is 17.2 Å². The van der Waals surface area contributed by atoms with Gasteiger partial charge in [-0.25, -0.2) is 0 Å². The Hall–Kier alpha value is -4.60. The number of benzene rings is 2. The van der Waals surface area contributed by atoms with Crippen LogP contribution in [0.4, 0.5) is 11.4 Å². The Bertz CT molecular complexity index is 1360. The Balaban J connectivity index is 1.54. The molecule has 0 aliphatic carbocycles. The van der Waals surface area contributed by atoms with Gasteiger partial charge in [0, 0.05) is 17.8 Å². The molecule has 0 saturated heterocycles. The lowest BCUT2D eigenvalue weighted by atomic mass is 10.2. The molecule has 1 amide bonds. The van der Waals surface area contributed by atoms with Crippen LogP contribution in [0.25, 0.3) is 0 Å². The highest BCUT2D eigenvalue weighted by atomic mass is 16.6. The number of para-hydroxylation sites is 2. The van der Waals surface area contributed by atoms with Crippen LogP contribution in [0.1, 0.15) is 27.7 Å². The van der Waals surface area contributed by atoms with Gasteiger partial charge in [-0.15, -0.1) is 0 Å². The summed E-state index contributed by atoms with van der Waals surface area (Å²) >= 11 is 0. The summed E-state index contributed by atoms with van der Waals surface area (Å²) in [7, 11) is 1.49. The van der Waals surface area contributed by atoms with Crippen LogP contribution in [0.2, 0.25) is 0 Å². The predicted molar refractivity (Wildman–Crippen MR) is 124 cm³/mol. The van der Waals surface area contributed by atoms with Gasteiger partial charge in [0.15, 0.2) is 17.3 Å². The van der Waals surface area contributed by atoms with E-state index >= 15 is 0 Å². The van der Waals surface area contributed by atoms with E-state index in [4.69, 9.17) is 13.9 Å². The smallest absolute Gasteiger partial charge is 0.291 e. The van der Waals surface area contributed by atoms with Crippen LogP contribution in [0.3, 0.4) is 0 Å². The number of aryl methyl sites for hydroxylation is 2. The van der Waals surface area contributed by atoms with Gasteiger partial charge in [-0.05, 0) is 44.2 Å². The maximum atomic E-state index is 12.7. The fourth-order valence-electron chi connectivity index (χ4n) is 3.41. The van der Waals surface area contributed by atoms with Crippen molar-refractivity contribution in [3.63, 3.8) is 0 Å². The average Bonchev–Trinajstić information content (AvgIpc) is 3.40. The van der Waals surface area contributed by atoms with Gasteiger partial charge >= 0.3 is 0 Å². The van der Waals surface area contributed by atoms with Crippen molar-refractivity contribution >= 4 is 17.3 Å². The van der Waals surface area contributed by atoms with Gasteiger partial charge in [0.05, 0.1) is 36.0 Å². The van der Waals surface area contributed by atoms with E-state index in [-0.39, 0.29) is 22.9 Å². The number of nitro groups is 1. The van der Waals surface area contributed by atoms with Crippen LogP contribution in [-0.4, -0.2) is 27.7 Å². The molecule has 2 heterocycles. The zero-order valence-corrected chi connectivity index (χ0v) is 18.8. The molecule has 4 rings (SSSR count). The molecule has 0 spiro atoms. The van der Waals surface area contributed by atoms with Gasteiger partial charge in [-0.1, -0.05) is 12.1 Å². The number of carbonyl (C=O) groups is 1. The molecular formula is C24H22N4O6. The molecule has 0 unspecified atom stereocenters. The van der Waals surface area contributed by atoms with Gasteiger partial charge in [0.2, 0.25) is 0 Å². The van der Waals surface area contributed by atoms with Crippen molar-refractivity contribution in [2.75, 3.05) is 12.4 Å². The first-order chi connectivity index (χ1) is 16.3. The summed E-state index contributed by atoms with van der Waals surface area (Å²) in [5.41, 5.74) is 1.80. The summed E-state index contributed by atoms with van der Waals surface area (Å²) in [4.78, 5) is 23.6. The fourth-order valence-corrected chi connectivity index (χ4v) is 3.41. The maximum Gasteiger partial charge on any atom is 0.291 e. The second-order valence-corrected chi connectivity index (χ2v) is 7.53. The first-order valence-corrected chi connectivity index (χ1v) is 10.3. The van der Waals surface area contributed by atoms with E-state index in [9.17, 15) is 14.9 Å². The lowest BCUT2D eigenvalue weighted by Gasteiger charge is -2.11. The quantitative estimate of drug-likeness (QED) is 0.285. The van der Waals surface area contributed by atoms with Crippen molar-refractivity contribution in [2.45, 2.75) is 20.4 Å². The van der Waals surface area contributed by atoms with Crippen LogP contribution in [0.15, 0.2) is 65.1 Å². The second-order valence-electron chi connectivity index (χ2n) is 7.53. The molecule has 1 N–H and O–H groups in total. The molecule has 174 valence electrons. The third-order valence-corrected chi connectivity index (χ3v) is 4.95. The molecule has 4 aromatic rings. The highest BCUT2D eigenvalue weighted by Gasteiger charge is 2.17. The molecule has 34 heavy (non-hydrogen) atoms. The third-order valence-electron chi connectivity index (χ3n) is 4.95. The van der Waals surface area contributed by atoms with Gasteiger partial charge in [0.1, 0.15) is 11.5 Å². The second kappa shape index (κ2) is 9.49. The number of nitro benzene ring substituents is 1. The number of methoxy groups -OCH3 is 1. The van der Waals surface area contributed by atoms with Crippen LogP contribution in [-0.2, 0) is 6.54 Å². The Kier molecular flexibility index (Phi) is 6.30. The van der Waals surface area contributed by atoms with Gasteiger partial charge in [-0.2, -0.15) is 5.10 Å². The van der Waals surface area contributed by atoms with Gasteiger partial charge < -0.3 is 19.2 Å². The number of aromatic nitrogens is 2. The molecular weight excluding hydrogens is 440 g/mol. The number of rotatable bonds is 8. The molecule has 0 aliphatic heterocycles. The summed E-state index contributed by atoms with van der Waals surface area (Å²) in [5.74, 6) is 1.07. The number of furan rings is 1. The van der Waals surface area contributed by atoms with Crippen molar-refractivity contribution in [1.82, 2.24) is 9.78 Å². The van der Waals surface area contributed by atoms with Crippen molar-refractivity contribution in [3.05, 3.63) is 93.7 Å². The van der Waals surface area contributed by atoms with E-state index in [2.05, 4.69) is 10.4 Å². The summed E-state index contributed by atoms with van der Waals surface area (Å²) in [6, 6.07) is 16.1. The summed E-state index contributed by atoms with van der Waals surface area (Å²) in [6.45, 7) is 4.21. The number of hydrogen-bond donors (Lipinski definition) is 1.